The fourth-order valence-electron chi connectivity index (χ4n) is 3.08. The quantitative estimate of drug-likeness (QED) is 0.815. The first-order chi connectivity index (χ1) is 11.0. The van der Waals surface area contributed by atoms with Crippen LogP contribution in [0.15, 0.2) is 40.8 Å². The Hall–Kier alpha value is -1.47. The molecular weight excluding hydrogens is 337 g/mol. The maximum atomic E-state index is 13.7. The van der Waals surface area contributed by atoms with Crippen LogP contribution in [0, 0.1) is 17.7 Å². The van der Waals surface area contributed by atoms with Crippen LogP contribution < -0.4 is 5.32 Å². The Kier molecular flexibility index (Phi) is 4.68. The topological polar surface area (TPSA) is 66.4 Å². The van der Waals surface area contributed by atoms with Crippen LogP contribution in [0.2, 0.25) is 0 Å². The molecule has 3 rings (SSSR count). The molecule has 4 atom stereocenters. The van der Waals surface area contributed by atoms with Crippen LogP contribution >= 0.6 is 23.5 Å². The number of carboxylic acid groups (broad SMARTS) is 1. The summed E-state index contributed by atoms with van der Waals surface area (Å²) in [5, 5.41) is 11.4. The van der Waals surface area contributed by atoms with Crippen molar-refractivity contribution in [2.75, 3.05) is 5.75 Å². The number of hydrogen-bond acceptors (Lipinski definition) is 4. The fraction of sp³-hybridized carbons (Fsp3) is 0.375. The highest BCUT2D eigenvalue weighted by molar-refractivity contribution is 8.01. The zero-order chi connectivity index (χ0) is 16.6. The third kappa shape index (κ3) is 3.26. The van der Waals surface area contributed by atoms with Crippen molar-refractivity contribution < 1.29 is 19.1 Å². The van der Waals surface area contributed by atoms with Crippen molar-refractivity contribution in [1.82, 2.24) is 5.32 Å². The van der Waals surface area contributed by atoms with Crippen molar-refractivity contribution in [2.45, 2.75) is 22.4 Å². The maximum Gasteiger partial charge on any atom is 0.316 e. The molecule has 0 saturated carbocycles. The zero-order valence-electron chi connectivity index (χ0n) is 12.4. The Morgan fingerprint density at radius 1 is 1.43 bits per heavy atom. The lowest BCUT2D eigenvalue weighted by Gasteiger charge is -2.29. The van der Waals surface area contributed by atoms with Crippen LogP contribution in [0.3, 0.4) is 0 Å². The van der Waals surface area contributed by atoms with E-state index in [4.69, 9.17) is 0 Å². The summed E-state index contributed by atoms with van der Waals surface area (Å²) in [7, 11) is 0. The molecule has 1 fully saturated rings. The van der Waals surface area contributed by atoms with E-state index in [9.17, 15) is 19.1 Å². The van der Waals surface area contributed by atoms with E-state index in [0.717, 1.165) is 5.57 Å². The summed E-state index contributed by atoms with van der Waals surface area (Å²) < 4.78 is 13.7. The minimum Gasteiger partial charge on any atom is -0.480 e. The first-order valence-electron chi connectivity index (χ1n) is 7.24. The van der Waals surface area contributed by atoms with Gasteiger partial charge in [0, 0.05) is 22.6 Å². The largest absolute Gasteiger partial charge is 0.480 e. The van der Waals surface area contributed by atoms with Gasteiger partial charge >= 0.3 is 5.97 Å². The van der Waals surface area contributed by atoms with Gasteiger partial charge in [0.25, 0.3) is 0 Å². The molecule has 2 heterocycles. The number of carbonyl (C=O) groups excluding carboxylic acids is 1. The Labute approximate surface area is 141 Å². The number of rotatable bonds is 4. The maximum absolute atomic E-state index is 13.7. The van der Waals surface area contributed by atoms with Crippen LogP contribution in [0.4, 0.5) is 4.39 Å². The van der Waals surface area contributed by atoms with E-state index in [1.54, 1.807) is 18.2 Å². The molecule has 7 heteroatoms. The van der Waals surface area contributed by atoms with Gasteiger partial charge < -0.3 is 10.4 Å². The van der Waals surface area contributed by atoms with E-state index in [2.05, 4.69) is 5.32 Å². The van der Waals surface area contributed by atoms with Crippen LogP contribution in [0.1, 0.15) is 6.92 Å². The standard InChI is InChI=1S/C16H16FNO3S2/c1-8-13-9(7-22-11-5-3-2-4-10(11)17)6-12(19)18-15(13)23-14(8)16(20)21/h2-6,8,13-15H,7H2,1H3,(H,18,19)(H,20,21). The number of benzene rings is 1. The van der Waals surface area contributed by atoms with Gasteiger partial charge in [-0.3, -0.25) is 9.59 Å². The molecule has 2 aliphatic heterocycles. The van der Waals surface area contributed by atoms with Gasteiger partial charge in [-0.2, -0.15) is 0 Å². The van der Waals surface area contributed by atoms with Gasteiger partial charge in [0.15, 0.2) is 0 Å². The first-order valence-corrected chi connectivity index (χ1v) is 9.17. The number of fused-ring (bicyclic) bond motifs is 1. The van der Waals surface area contributed by atoms with Gasteiger partial charge in [-0.15, -0.1) is 23.5 Å². The summed E-state index contributed by atoms with van der Waals surface area (Å²) in [5.41, 5.74) is 0.885. The monoisotopic (exact) mass is 353 g/mol. The predicted octanol–water partition coefficient (Wildman–Crippen LogP) is 2.75. The first kappa shape index (κ1) is 16.4. The number of carbonyl (C=O) groups is 2. The molecule has 0 radical (unpaired) electrons. The number of halogens is 1. The summed E-state index contributed by atoms with van der Waals surface area (Å²) in [4.78, 5) is 23.7. The third-order valence-corrected chi connectivity index (χ3v) is 6.92. The average Bonchev–Trinajstić information content (AvgIpc) is 2.83. The molecule has 2 aliphatic rings. The summed E-state index contributed by atoms with van der Waals surface area (Å²) in [6.45, 7) is 1.90. The number of amides is 1. The van der Waals surface area contributed by atoms with Crippen molar-refractivity contribution in [3.8, 4) is 0 Å². The van der Waals surface area contributed by atoms with E-state index in [0.29, 0.717) is 10.6 Å². The molecule has 2 N–H and O–H groups in total. The molecule has 0 bridgehead atoms. The SMILES string of the molecule is CC1C(C(=O)O)SC2NC(=O)C=C(CSc3ccccc3F)C21. The number of carboxylic acids is 1. The van der Waals surface area contributed by atoms with E-state index in [1.165, 1.54) is 35.7 Å². The lowest BCUT2D eigenvalue weighted by molar-refractivity contribution is -0.137. The predicted molar refractivity (Wildman–Crippen MR) is 88.8 cm³/mol. The van der Waals surface area contributed by atoms with Gasteiger partial charge in [0.05, 0.1) is 5.37 Å². The Morgan fingerprint density at radius 2 is 2.17 bits per heavy atom. The highest BCUT2D eigenvalue weighted by Crippen LogP contribution is 2.47. The highest BCUT2D eigenvalue weighted by atomic mass is 32.2. The summed E-state index contributed by atoms with van der Waals surface area (Å²) in [6, 6.07) is 6.51. The van der Waals surface area contributed by atoms with Gasteiger partial charge in [0.1, 0.15) is 11.1 Å². The lowest BCUT2D eigenvalue weighted by atomic mass is 9.83. The number of nitrogens with one attached hydrogen (secondary N) is 1. The minimum atomic E-state index is -0.854. The van der Waals surface area contributed by atoms with E-state index in [1.807, 2.05) is 6.92 Å². The molecule has 4 nitrogen and oxygen atoms in total. The Morgan fingerprint density at radius 3 is 2.87 bits per heavy atom. The van der Waals surface area contributed by atoms with Gasteiger partial charge in [-0.25, -0.2) is 4.39 Å². The molecule has 23 heavy (non-hydrogen) atoms. The molecular formula is C16H16FNO3S2. The van der Waals surface area contributed by atoms with Crippen LogP contribution in [-0.4, -0.2) is 33.4 Å². The van der Waals surface area contributed by atoms with Gasteiger partial charge in [0.2, 0.25) is 5.91 Å². The molecule has 1 aromatic carbocycles. The van der Waals surface area contributed by atoms with E-state index < -0.39 is 11.2 Å². The van der Waals surface area contributed by atoms with Crippen molar-refractivity contribution in [1.29, 1.82) is 0 Å². The van der Waals surface area contributed by atoms with Gasteiger partial charge in [-0.1, -0.05) is 19.1 Å². The molecule has 0 spiro atoms. The lowest BCUT2D eigenvalue weighted by Crippen LogP contribution is -2.41. The van der Waals surface area contributed by atoms with Crippen LogP contribution in [0.25, 0.3) is 0 Å². The molecule has 1 amide bonds. The fourth-order valence-corrected chi connectivity index (χ4v) is 5.68. The zero-order valence-corrected chi connectivity index (χ0v) is 14.0. The van der Waals surface area contributed by atoms with Crippen molar-refractivity contribution >= 4 is 35.4 Å². The van der Waals surface area contributed by atoms with Crippen molar-refractivity contribution in [3.05, 3.63) is 41.7 Å². The Bertz CT molecular complexity index is 677. The number of thioether (sulfide) groups is 2. The van der Waals surface area contributed by atoms with Crippen molar-refractivity contribution in [2.24, 2.45) is 11.8 Å². The average molecular weight is 353 g/mol. The summed E-state index contributed by atoms with van der Waals surface area (Å²) in [5.74, 6) is -0.985. The summed E-state index contributed by atoms with van der Waals surface area (Å²) in [6.07, 6.45) is 1.54. The van der Waals surface area contributed by atoms with Crippen molar-refractivity contribution in [3.63, 3.8) is 0 Å². The number of aliphatic carboxylic acids is 1. The van der Waals surface area contributed by atoms with Crippen LogP contribution in [0.5, 0.6) is 0 Å². The normalized spacial score (nSPS) is 29.7. The van der Waals surface area contributed by atoms with Gasteiger partial charge in [-0.05, 0) is 23.6 Å². The number of hydrogen-bond donors (Lipinski definition) is 2. The second-order valence-corrected chi connectivity index (χ2v) is 7.95. The van der Waals surface area contributed by atoms with E-state index >= 15 is 0 Å². The smallest absolute Gasteiger partial charge is 0.316 e. The molecule has 0 aliphatic carbocycles. The minimum absolute atomic E-state index is 0.0296. The Balaban J connectivity index is 1.79. The molecule has 122 valence electrons. The molecule has 4 unspecified atom stereocenters. The second kappa shape index (κ2) is 6.57. The molecule has 1 aromatic rings. The molecule has 0 aromatic heterocycles. The summed E-state index contributed by atoms with van der Waals surface area (Å²) >= 11 is 2.62. The molecule has 1 saturated heterocycles. The highest BCUT2D eigenvalue weighted by Gasteiger charge is 2.48. The van der Waals surface area contributed by atoms with Crippen LogP contribution in [-0.2, 0) is 9.59 Å². The second-order valence-electron chi connectivity index (χ2n) is 5.65. The van der Waals surface area contributed by atoms with E-state index in [-0.39, 0.29) is 28.9 Å². The third-order valence-electron chi connectivity index (χ3n) is 4.17.